The van der Waals surface area contributed by atoms with Crippen molar-refractivity contribution in [2.24, 2.45) is 0 Å². The highest BCUT2D eigenvalue weighted by Gasteiger charge is 2.14. The van der Waals surface area contributed by atoms with Gasteiger partial charge in [-0.2, -0.15) is 5.10 Å². The van der Waals surface area contributed by atoms with E-state index in [9.17, 15) is 9.59 Å². The van der Waals surface area contributed by atoms with Crippen molar-refractivity contribution < 1.29 is 13.9 Å². The molecule has 31 heavy (non-hydrogen) atoms. The molecule has 4 aromatic rings. The third-order valence-corrected chi connectivity index (χ3v) is 5.20. The minimum atomic E-state index is -0.465. The van der Waals surface area contributed by atoms with Crippen LogP contribution < -0.4 is 5.63 Å². The van der Waals surface area contributed by atoms with E-state index in [1.807, 2.05) is 31.2 Å². The van der Waals surface area contributed by atoms with Crippen LogP contribution in [-0.2, 0) is 17.9 Å². The van der Waals surface area contributed by atoms with Crippen LogP contribution in [0.5, 0.6) is 0 Å². The Hall–Kier alpha value is -3.74. The van der Waals surface area contributed by atoms with E-state index in [4.69, 9.17) is 9.15 Å². The highest BCUT2D eigenvalue weighted by atomic mass is 16.5. The lowest BCUT2D eigenvalue weighted by molar-refractivity contribution is 0.0474. The minimum absolute atomic E-state index is 0.0117. The molecule has 7 heteroatoms. The second kappa shape index (κ2) is 8.55. The second-order valence-electron chi connectivity index (χ2n) is 7.82. The molecule has 0 aliphatic carbocycles. The van der Waals surface area contributed by atoms with Crippen LogP contribution in [0.15, 0.2) is 64.3 Å². The summed E-state index contributed by atoms with van der Waals surface area (Å²) in [7, 11) is 0. The van der Waals surface area contributed by atoms with Gasteiger partial charge in [-0.15, -0.1) is 0 Å². The monoisotopic (exact) mass is 417 g/mol. The van der Waals surface area contributed by atoms with E-state index in [0.29, 0.717) is 29.2 Å². The van der Waals surface area contributed by atoms with Gasteiger partial charge in [-0.25, -0.2) is 19.3 Å². The maximum Gasteiger partial charge on any atom is 0.338 e. The number of aryl methyl sites for hydroxylation is 1. The first-order valence-electron chi connectivity index (χ1n) is 10.1. The molecule has 0 bridgehead atoms. The largest absolute Gasteiger partial charge is 0.457 e. The molecule has 0 spiro atoms. The zero-order valence-electron chi connectivity index (χ0n) is 17.7. The highest BCUT2D eigenvalue weighted by Crippen LogP contribution is 2.27. The van der Waals surface area contributed by atoms with Crippen molar-refractivity contribution >= 4 is 16.9 Å². The lowest BCUT2D eigenvalue weighted by Gasteiger charge is -2.13. The molecular formula is C24H23N3O4. The van der Waals surface area contributed by atoms with Crippen molar-refractivity contribution in [2.75, 3.05) is 0 Å². The summed E-state index contributed by atoms with van der Waals surface area (Å²) in [6, 6.07) is 12.4. The smallest absolute Gasteiger partial charge is 0.338 e. The van der Waals surface area contributed by atoms with Crippen LogP contribution >= 0.6 is 0 Å². The zero-order valence-corrected chi connectivity index (χ0v) is 17.7. The van der Waals surface area contributed by atoms with Gasteiger partial charge < -0.3 is 9.15 Å². The number of esters is 1. The number of hydrogen-bond donors (Lipinski definition) is 0. The molecule has 0 amide bonds. The SMILES string of the molecule is Cc1cc2oc(=O)cc(COC(=O)c3ccc(Cn4cncn4)cc3)c2cc1C(C)C. The molecule has 7 nitrogen and oxygen atoms in total. The number of carbonyl (C=O) groups excluding carboxylic acids is 1. The molecule has 0 saturated heterocycles. The van der Waals surface area contributed by atoms with E-state index in [1.165, 1.54) is 12.4 Å². The molecule has 4 rings (SSSR count). The van der Waals surface area contributed by atoms with Gasteiger partial charge in [0.05, 0.1) is 12.1 Å². The highest BCUT2D eigenvalue weighted by molar-refractivity contribution is 5.89. The van der Waals surface area contributed by atoms with Crippen LogP contribution in [0, 0.1) is 6.92 Å². The first-order chi connectivity index (χ1) is 14.9. The van der Waals surface area contributed by atoms with E-state index in [2.05, 4.69) is 23.9 Å². The van der Waals surface area contributed by atoms with Gasteiger partial charge in [0.1, 0.15) is 24.8 Å². The van der Waals surface area contributed by atoms with Crippen molar-refractivity contribution in [2.45, 2.75) is 39.8 Å². The summed E-state index contributed by atoms with van der Waals surface area (Å²) in [5.41, 5.74) is 4.32. The second-order valence-corrected chi connectivity index (χ2v) is 7.82. The van der Waals surface area contributed by atoms with Crippen LogP contribution in [-0.4, -0.2) is 20.7 Å². The Bertz CT molecular complexity index is 1270. The Morgan fingerprint density at radius 3 is 2.61 bits per heavy atom. The first-order valence-corrected chi connectivity index (χ1v) is 10.1. The predicted molar refractivity (Wildman–Crippen MR) is 116 cm³/mol. The molecule has 2 aromatic heterocycles. The average Bonchev–Trinajstić information content (AvgIpc) is 3.24. The van der Waals surface area contributed by atoms with E-state index < -0.39 is 11.6 Å². The van der Waals surface area contributed by atoms with Crippen LogP contribution in [0.25, 0.3) is 11.0 Å². The lowest BCUT2D eigenvalue weighted by Crippen LogP contribution is -2.09. The summed E-state index contributed by atoms with van der Waals surface area (Å²) in [4.78, 5) is 28.5. The molecule has 0 aliphatic rings. The maximum atomic E-state index is 12.5. The Balaban J connectivity index is 1.52. The van der Waals surface area contributed by atoms with E-state index in [-0.39, 0.29) is 6.61 Å². The molecule has 0 N–H and O–H groups in total. The summed E-state index contributed by atoms with van der Waals surface area (Å²) in [5.74, 6) is -0.132. The predicted octanol–water partition coefficient (Wildman–Crippen LogP) is 4.22. The third kappa shape index (κ3) is 4.55. The number of ether oxygens (including phenoxy) is 1. The van der Waals surface area contributed by atoms with Gasteiger partial charge in [0.15, 0.2) is 0 Å². The van der Waals surface area contributed by atoms with Crippen LogP contribution in [0.1, 0.15) is 52.4 Å². The van der Waals surface area contributed by atoms with Gasteiger partial charge in [0.2, 0.25) is 0 Å². The molecule has 0 saturated carbocycles. The van der Waals surface area contributed by atoms with Gasteiger partial charge >= 0.3 is 11.6 Å². The molecule has 0 atom stereocenters. The quantitative estimate of drug-likeness (QED) is 0.345. The zero-order chi connectivity index (χ0) is 22.0. The molecule has 2 heterocycles. The Kier molecular flexibility index (Phi) is 5.66. The normalized spacial score (nSPS) is 11.2. The standard InChI is InChI=1S/C24H23N3O4/c1-15(2)20-10-21-19(9-23(28)31-22(21)8-16(20)3)12-30-24(29)18-6-4-17(5-7-18)11-27-14-25-13-26-27/h4-10,13-15H,11-12H2,1-3H3. The molecular weight excluding hydrogens is 394 g/mol. The molecule has 158 valence electrons. The van der Waals surface area contributed by atoms with Gasteiger partial charge in [-0.05, 0) is 53.8 Å². The number of nitrogens with zero attached hydrogens (tertiary/aromatic N) is 3. The molecule has 0 unspecified atom stereocenters. The van der Waals surface area contributed by atoms with Crippen molar-refractivity contribution in [3.05, 3.63) is 93.4 Å². The van der Waals surface area contributed by atoms with Crippen molar-refractivity contribution in [3.8, 4) is 0 Å². The summed E-state index contributed by atoms with van der Waals surface area (Å²) in [6.45, 7) is 6.77. The van der Waals surface area contributed by atoms with Crippen LogP contribution in [0.4, 0.5) is 0 Å². The number of carbonyl (C=O) groups is 1. The van der Waals surface area contributed by atoms with Crippen molar-refractivity contribution in [1.29, 1.82) is 0 Å². The summed E-state index contributed by atoms with van der Waals surface area (Å²) in [6.07, 6.45) is 3.11. The number of rotatable bonds is 6. The average molecular weight is 417 g/mol. The third-order valence-electron chi connectivity index (χ3n) is 5.20. The number of aromatic nitrogens is 3. The van der Waals surface area contributed by atoms with E-state index in [1.54, 1.807) is 23.1 Å². The van der Waals surface area contributed by atoms with Gasteiger partial charge in [0.25, 0.3) is 0 Å². The van der Waals surface area contributed by atoms with Gasteiger partial charge in [-0.1, -0.05) is 26.0 Å². The topological polar surface area (TPSA) is 87.2 Å². The summed E-state index contributed by atoms with van der Waals surface area (Å²) < 4.78 is 12.6. The van der Waals surface area contributed by atoms with Crippen LogP contribution in [0.2, 0.25) is 0 Å². The fourth-order valence-corrected chi connectivity index (χ4v) is 3.61. The molecule has 2 aromatic carbocycles. The molecule has 0 radical (unpaired) electrons. The molecule has 0 aliphatic heterocycles. The van der Waals surface area contributed by atoms with Crippen LogP contribution in [0.3, 0.4) is 0 Å². The number of hydrogen-bond acceptors (Lipinski definition) is 6. The number of benzene rings is 2. The Morgan fingerprint density at radius 1 is 1.16 bits per heavy atom. The Morgan fingerprint density at radius 2 is 1.94 bits per heavy atom. The van der Waals surface area contributed by atoms with E-state index >= 15 is 0 Å². The molecule has 0 fully saturated rings. The Labute approximate surface area is 179 Å². The maximum absolute atomic E-state index is 12.5. The lowest BCUT2D eigenvalue weighted by atomic mass is 9.95. The summed E-state index contributed by atoms with van der Waals surface area (Å²) >= 11 is 0. The minimum Gasteiger partial charge on any atom is -0.457 e. The van der Waals surface area contributed by atoms with Gasteiger partial charge in [-0.3, -0.25) is 0 Å². The number of fused-ring (bicyclic) bond motifs is 1. The summed E-state index contributed by atoms with van der Waals surface area (Å²) in [5, 5.41) is 4.85. The van der Waals surface area contributed by atoms with Gasteiger partial charge in [0, 0.05) is 17.0 Å². The van der Waals surface area contributed by atoms with Crippen molar-refractivity contribution in [1.82, 2.24) is 14.8 Å². The fraction of sp³-hybridized carbons (Fsp3) is 0.250. The van der Waals surface area contributed by atoms with Crippen molar-refractivity contribution in [3.63, 3.8) is 0 Å². The first kappa shape index (κ1) is 20.5. The fourth-order valence-electron chi connectivity index (χ4n) is 3.61. The van der Waals surface area contributed by atoms with E-state index in [0.717, 1.165) is 22.1 Å².